The van der Waals surface area contributed by atoms with Crippen LogP contribution in [0.3, 0.4) is 0 Å². The molecule has 0 aromatic heterocycles. The Hall–Kier alpha value is -3.83. The van der Waals surface area contributed by atoms with Gasteiger partial charge in [0, 0.05) is 18.3 Å². The van der Waals surface area contributed by atoms with Crippen molar-refractivity contribution >= 4 is 28.1 Å². The van der Waals surface area contributed by atoms with E-state index in [-0.39, 0.29) is 12.1 Å². The van der Waals surface area contributed by atoms with E-state index >= 15 is 0 Å². The number of nitrogens with zero attached hydrogens (tertiary/aromatic N) is 1. The van der Waals surface area contributed by atoms with Gasteiger partial charge in [0.05, 0.1) is 17.8 Å². The van der Waals surface area contributed by atoms with Crippen molar-refractivity contribution in [3.8, 4) is 5.75 Å². The number of carboxylic acid groups (broad SMARTS) is 1. The normalized spacial score (nSPS) is 16.1. The molecular weight excluding hydrogens is 424 g/mol. The highest BCUT2D eigenvalue weighted by molar-refractivity contribution is 5.92. The highest BCUT2D eigenvalue weighted by atomic mass is 16.5. The quantitative estimate of drug-likeness (QED) is 0.370. The van der Waals surface area contributed by atoms with Gasteiger partial charge in [-0.15, -0.1) is 0 Å². The molecule has 0 amide bonds. The maximum Gasteiger partial charge on any atom is 0.336 e. The zero-order valence-electron chi connectivity index (χ0n) is 19.4. The lowest BCUT2D eigenvalue weighted by Gasteiger charge is -2.37. The van der Waals surface area contributed by atoms with Crippen LogP contribution in [0.5, 0.6) is 5.75 Å². The molecule has 0 bridgehead atoms. The smallest absolute Gasteiger partial charge is 0.336 e. The molecule has 4 aromatic carbocycles. The van der Waals surface area contributed by atoms with Gasteiger partial charge < -0.3 is 20.1 Å². The van der Waals surface area contributed by atoms with Gasteiger partial charge in [0.15, 0.2) is 0 Å². The van der Waals surface area contributed by atoms with Crippen molar-refractivity contribution in [2.45, 2.75) is 26.0 Å². The molecule has 0 saturated heterocycles. The summed E-state index contributed by atoms with van der Waals surface area (Å²) in [4.78, 5) is 13.9. The molecule has 2 N–H and O–H groups in total. The molecule has 0 radical (unpaired) electrons. The second-order valence-electron chi connectivity index (χ2n) is 8.77. The van der Waals surface area contributed by atoms with Gasteiger partial charge >= 0.3 is 5.97 Å². The molecule has 2 atom stereocenters. The SMILES string of the molecule is Cc1c(C(=O)O)cccc1N1CC(CNC(C)c2cccc3ccccc23)Oc2ccccc21. The number of nitrogens with one attached hydrogen (secondary N) is 1. The lowest BCUT2D eigenvalue weighted by Crippen LogP contribution is -2.44. The second-order valence-corrected chi connectivity index (χ2v) is 8.77. The minimum atomic E-state index is -0.914. The number of rotatable bonds is 6. The third-order valence-electron chi connectivity index (χ3n) is 6.60. The van der Waals surface area contributed by atoms with Crippen molar-refractivity contribution in [3.63, 3.8) is 0 Å². The van der Waals surface area contributed by atoms with Crippen LogP contribution in [0.2, 0.25) is 0 Å². The van der Waals surface area contributed by atoms with E-state index in [2.05, 4.69) is 59.6 Å². The van der Waals surface area contributed by atoms with Crippen LogP contribution >= 0.6 is 0 Å². The van der Waals surface area contributed by atoms with Crippen molar-refractivity contribution in [3.05, 3.63) is 102 Å². The highest BCUT2D eigenvalue weighted by Gasteiger charge is 2.28. The Morgan fingerprint density at radius 1 is 1.00 bits per heavy atom. The van der Waals surface area contributed by atoms with Gasteiger partial charge in [-0.1, -0.05) is 60.7 Å². The standard InChI is InChI=1S/C29H28N2O3/c1-19-23(29(32)33)12-8-15-26(19)31-18-22(34-28-16-6-5-14-27(28)31)17-30-20(2)24-13-7-10-21-9-3-4-11-25(21)24/h3-16,20,22,30H,17-18H2,1-2H3,(H,32,33). The summed E-state index contributed by atoms with van der Waals surface area (Å²) in [7, 11) is 0. The Balaban J connectivity index is 1.40. The fourth-order valence-corrected chi connectivity index (χ4v) is 4.83. The topological polar surface area (TPSA) is 61.8 Å². The summed E-state index contributed by atoms with van der Waals surface area (Å²) in [6.07, 6.45) is -0.0970. The molecular formula is C29H28N2O3. The monoisotopic (exact) mass is 452 g/mol. The Kier molecular flexibility index (Phi) is 5.95. The van der Waals surface area contributed by atoms with Gasteiger partial charge in [0.1, 0.15) is 11.9 Å². The van der Waals surface area contributed by atoms with Crippen molar-refractivity contribution < 1.29 is 14.6 Å². The van der Waals surface area contributed by atoms with Crippen LogP contribution < -0.4 is 15.0 Å². The average molecular weight is 453 g/mol. The molecule has 0 spiro atoms. The van der Waals surface area contributed by atoms with Crippen LogP contribution in [-0.4, -0.2) is 30.3 Å². The molecule has 0 aliphatic carbocycles. The molecule has 5 rings (SSSR count). The average Bonchev–Trinajstić information content (AvgIpc) is 2.86. The predicted molar refractivity (Wildman–Crippen MR) is 136 cm³/mol. The van der Waals surface area contributed by atoms with Crippen LogP contribution in [0.1, 0.15) is 34.5 Å². The largest absolute Gasteiger partial charge is 0.485 e. The van der Waals surface area contributed by atoms with Crippen LogP contribution in [-0.2, 0) is 0 Å². The molecule has 172 valence electrons. The maximum atomic E-state index is 11.7. The first-order chi connectivity index (χ1) is 16.5. The lowest BCUT2D eigenvalue weighted by molar-refractivity contribution is 0.0696. The van der Waals surface area contributed by atoms with Crippen LogP contribution in [0.15, 0.2) is 84.9 Å². The van der Waals surface area contributed by atoms with Gasteiger partial charge in [0.25, 0.3) is 0 Å². The number of aromatic carboxylic acids is 1. The molecule has 1 heterocycles. The molecule has 5 heteroatoms. The number of fused-ring (bicyclic) bond motifs is 2. The molecule has 34 heavy (non-hydrogen) atoms. The number of ether oxygens (including phenoxy) is 1. The number of anilines is 2. The molecule has 4 aromatic rings. The van der Waals surface area contributed by atoms with E-state index < -0.39 is 5.97 Å². The number of para-hydroxylation sites is 2. The Bertz CT molecular complexity index is 1350. The van der Waals surface area contributed by atoms with Crippen LogP contribution in [0.25, 0.3) is 10.8 Å². The van der Waals surface area contributed by atoms with Gasteiger partial charge in [-0.3, -0.25) is 0 Å². The third-order valence-corrected chi connectivity index (χ3v) is 6.60. The van der Waals surface area contributed by atoms with Gasteiger partial charge in [-0.25, -0.2) is 4.79 Å². The fraction of sp³-hybridized carbons (Fsp3) is 0.207. The minimum absolute atomic E-state index is 0.0970. The van der Waals surface area contributed by atoms with Gasteiger partial charge in [-0.05, 0) is 60.0 Å². The summed E-state index contributed by atoms with van der Waals surface area (Å²) in [5, 5.41) is 15.8. The summed E-state index contributed by atoms with van der Waals surface area (Å²) >= 11 is 0. The Labute approximate surface area is 199 Å². The lowest BCUT2D eigenvalue weighted by atomic mass is 9.99. The number of hydrogen-bond donors (Lipinski definition) is 2. The molecule has 1 aliphatic rings. The van der Waals surface area contributed by atoms with E-state index in [0.29, 0.717) is 18.7 Å². The van der Waals surface area contributed by atoms with E-state index in [9.17, 15) is 9.90 Å². The van der Waals surface area contributed by atoms with E-state index in [4.69, 9.17) is 4.74 Å². The Morgan fingerprint density at radius 3 is 2.56 bits per heavy atom. The maximum absolute atomic E-state index is 11.7. The van der Waals surface area contributed by atoms with Gasteiger partial charge in [-0.2, -0.15) is 0 Å². The zero-order chi connectivity index (χ0) is 23.7. The summed E-state index contributed by atoms with van der Waals surface area (Å²) in [6, 6.07) is 28.4. The van der Waals surface area contributed by atoms with E-state index in [1.807, 2.05) is 37.3 Å². The fourth-order valence-electron chi connectivity index (χ4n) is 4.83. The zero-order valence-corrected chi connectivity index (χ0v) is 19.4. The number of benzene rings is 4. The van der Waals surface area contributed by atoms with E-state index in [1.165, 1.54) is 16.3 Å². The van der Waals surface area contributed by atoms with Gasteiger partial charge in [0.2, 0.25) is 0 Å². The number of carboxylic acids is 1. The molecule has 1 aliphatic heterocycles. The molecule has 5 nitrogen and oxygen atoms in total. The first-order valence-corrected chi connectivity index (χ1v) is 11.6. The molecule has 0 fully saturated rings. The highest BCUT2D eigenvalue weighted by Crippen LogP contribution is 2.39. The third kappa shape index (κ3) is 4.11. The van der Waals surface area contributed by atoms with E-state index in [0.717, 1.165) is 22.7 Å². The van der Waals surface area contributed by atoms with Crippen molar-refractivity contribution in [1.29, 1.82) is 0 Å². The minimum Gasteiger partial charge on any atom is -0.485 e. The molecule has 0 saturated carbocycles. The Morgan fingerprint density at radius 2 is 1.71 bits per heavy atom. The first kappa shape index (κ1) is 22.0. The number of hydrogen-bond acceptors (Lipinski definition) is 4. The summed E-state index contributed by atoms with van der Waals surface area (Å²) in [5.74, 6) is -0.110. The number of carbonyl (C=O) groups is 1. The van der Waals surface area contributed by atoms with Crippen molar-refractivity contribution in [1.82, 2.24) is 5.32 Å². The second kappa shape index (κ2) is 9.20. The summed E-state index contributed by atoms with van der Waals surface area (Å²) in [5.41, 5.74) is 4.17. The first-order valence-electron chi connectivity index (χ1n) is 11.6. The summed E-state index contributed by atoms with van der Waals surface area (Å²) < 4.78 is 6.35. The van der Waals surface area contributed by atoms with Crippen molar-refractivity contribution in [2.75, 3.05) is 18.0 Å². The van der Waals surface area contributed by atoms with Crippen LogP contribution in [0, 0.1) is 6.92 Å². The summed E-state index contributed by atoms with van der Waals surface area (Å²) in [6.45, 7) is 5.33. The van der Waals surface area contributed by atoms with Crippen molar-refractivity contribution in [2.24, 2.45) is 0 Å². The molecule has 2 unspecified atom stereocenters. The predicted octanol–water partition coefficient (Wildman–Crippen LogP) is 6.10. The van der Waals surface area contributed by atoms with E-state index in [1.54, 1.807) is 12.1 Å². The van der Waals surface area contributed by atoms with Crippen LogP contribution in [0.4, 0.5) is 11.4 Å².